The summed E-state index contributed by atoms with van der Waals surface area (Å²) in [4.78, 5) is 0. The van der Waals surface area contributed by atoms with E-state index < -0.39 is 0 Å². The van der Waals surface area contributed by atoms with Crippen LogP contribution >= 0.6 is 0 Å². The molecule has 0 saturated carbocycles. The summed E-state index contributed by atoms with van der Waals surface area (Å²) in [6.07, 6.45) is 1.97. The molecule has 2 N–H and O–H groups in total. The van der Waals surface area contributed by atoms with Crippen molar-refractivity contribution in [1.82, 2.24) is 0 Å². The first-order chi connectivity index (χ1) is 3.83. The van der Waals surface area contributed by atoms with E-state index in [-0.39, 0.29) is 23.1 Å². The molecule has 0 spiro atoms. The standard InChI is InChI=1S/2C3H8N.Mg/c2*1-2-3-4;/h2*4H,2-3H2,1H3;/q2*-1;+2. The van der Waals surface area contributed by atoms with Crippen molar-refractivity contribution in [3.63, 3.8) is 0 Å². The van der Waals surface area contributed by atoms with Crippen LogP contribution in [0.2, 0.25) is 0 Å². The van der Waals surface area contributed by atoms with E-state index in [1.165, 1.54) is 0 Å². The van der Waals surface area contributed by atoms with Gasteiger partial charge in [-0.15, -0.1) is 0 Å². The van der Waals surface area contributed by atoms with Gasteiger partial charge in [0.2, 0.25) is 0 Å². The van der Waals surface area contributed by atoms with E-state index in [1.807, 2.05) is 13.8 Å². The van der Waals surface area contributed by atoms with Crippen LogP contribution in [0, 0.1) is 0 Å². The summed E-state index contributed by atoms with van der Waals surface area (Å²) in [5.74, 6) is 0. The average Bonchev–Trinajstić information content (AvgIpc) is 1.88. The van der Waals surface area contributed by atoms with Crippen LogP contribution in [0.4, 0.5) is 0 Å². The molecule has 3 heteroatoms. The Morgan fingerprint density at radius 3 is 1.00 bits per heavy atom. The SMILES string of the molecule is CCC[NH-].CCC[NH-].[Mg+2]. The second kappa shape index (κ2) is 23.4. The Kier molecular flexibility index (Phi) is 42.4. The Morgan fingerprint density at radius 2 is 1.00 bits per heavy atom. The van der Waals surface area contributed by atoms with Gasteiger partial charge in [-0.05, 0) is 0 Å². The molecule has 9 heavy (non-hydrogen) atoms. The summed E-state index contributed by atoms with van der Waals surface area (Å²) in [5.41, 5.74) is 12.9. The van der Waals surface area contributed by atoms with Gasteiger partial charge in [0.15, 0.2) is 0 Å². The van der Waals surface area contributed by atoms with Gasteiger partial charge in [0, 0.05) is 0 Å². The topological polar surface area (TPSA) is 47.6 Å². The maximum atomic E-state index is 6.45. The minimum Gasteiger partial charge on any atom is -0.677 e. The molecule has 0 rings (SSSR count). The molecule has 52 valence electrons. The zero-order valence-electron chi connectivity index (χ0n) is 6.54. The fraction of sp³-hybridized carbons (Fsp3) is 1.00. The molecule has 0 heterocycles. The maximum Gasteiger partial charge on any atom is 2.00 e. The molecule has 0 aliphatic carbocycles. The van der Waals surface area contributed by atoms with Crippen molar-refractivity contribution in [2.24, 2.45) is 0 Å². The quantitative estimate of drug-likeness (QED) is 0.529. The van der Waals surface area contributed by atoms with Crippen molar-refractivity contribution in [3.8, 4) is 0 Å². The summed E-state index contributed by atoms with van der Waals surface area (Å²) >= 11 is 0. The van der Waals surface area contributed by atoms with E-state index in [0.717, 1.165) is 12.8 Å². The third-order valence-corrected chi connectivity index (χ3v) is 0.500. The summed E-state index contributed by atoms with van der Waals surface area (Å²) < 4.78 is 0. The van der Waals surface area contributed by atoms with E-state index >= 15 is 0 Å². The largest absolute Gasteiger partial charge is 2.00 e. The fourth-order valence-electron chi connectivity index (χ4n) is 0. The third-order valence-electron chi connectivity index (χ3n) is 0.500. The Balaban J connectivity index is -0.0000000720. The first-order valence-corrected chi connectivity index (χ1v) is 3.12. The van der Waals surface area contributed by atoms with Gasteiger partial charge in [-0.25, -0.2) is 0 Å². The van der Waals surface area contributed by atoms with Crippen LogP contribution in [0.3, 0.4) is 0 Å². The number of rotatable bonds is 2. The van der Waals surface area contributed by atoms with Crippen molar-refractivity contribution in [3.05, 3.63) is 11.5 Å². The van der Waals surface area contributed by atoms with Gasteiger partial charge < -0.3 is 11.5 Å². The smallest absolute Gasteiger partial charge is 0.677 e. The second-order valence-electron chi connectivity index (χ2n) is 1.50. The Morgan fingerprint density at radius 1 is 0.889 bits per heavy atom. The van der Waals surface area contributed by atoms with Crippen molar-refractivity contribution < 1.29 is 0 Å². The maximum absolute atomic E-state index is 6.45. The molecule has 0 unspecified atom stereocenters. The Labute approximate surface area is 74.5 Å². The summed E-state index contributed by atoms with van der Waals surface area (Å²) in [5, 5.41) is 0. The van der Waals surface area contributed by atoms with Gasteiger partial charge in [-0.3, -0.25) is 0 Å². The molecular formula is C6H16MgN2. The Hall–Kier alpha value is 0.686. The first kappa shape index (κ1) is 16.3. The molecule has 0 fully saturated rings. The monoisotopic (exact) mass is 140 g/mol. The molecule has 0 aromatic carbocycles. The van der Waals surface area contributed by atoms with Crippen LogP contribution in [0.25, 0.3) is 11.5 Å². The van der Waals surface area contributed by atoms with Crippen molar-refractivity contribution >= 4 is 23.1 Å². The molecule has 0 aliphatic heterocycles. The van der Waals surface area contributed by atoms with Crippen LogP contribution in [0.5, 0.6) is 0 Å². The molecule has 0 aromatic heterocycles. The molecule has 0 aliphatic rings. The second-order valence-corrected chi connectivity index (χ2v) is 1.50. The van der Waals surface area contributed by atoms with Crippen molar-refractivity contribution in [1.29, 1.82) is 0 Å². The summed E-state index contributed by atoms with van der Waals surface area (Å²) in [6.45, 7) is 5.12. The van der Waals surface area contributed by atoms with Gasteiger partial charge in [-0.2, -0.15) is 13.1 Å². The predicted octanol–water partition coefficient (Wildman–Crippen LogP) is 2.52. The van der Waals surface area contributed by atoms with Gasteiger partial charge in [0.1, 0.15) is 0 Å². The molecule has 0 radical (unpaired) electrons. The zero-order valence-corrected chi connectivity index (χ0v) is 7.95. The van der Waals surface area contributed by atoms with E-state index in [0.29, 0.717) is 13.1 Å². The molecule has 0 bridgehead atoms. The first-order valence-electron chi connectivity index (χ1n) is 3.12. The van der Waals surface area contributed by atoms with Crippen LogP contribution in [-0.4, -0.2) is 36.1 Å². The number of hydrogen-bond acceptors (Lipinski definition) is 0. The summed E-state index contributed by atoms with van der Waals surface area (Å²) in [7, 11) is 0. The third kappa shape index (κ3) is 53.8. The summed E-state index contributed by atoms with van der Waals surface area (Å²) in [6, 6.07) is 0. The molecule has 0 aromatic rings. The van der Waals surface area contributed by atoms with Crippen molar-refractivity contribution in [2.75, 3.05) is 13.1 Å². The van der Waals surface area contributed by atoms with Gasteiger partial charge in [0.05, 0.1) is 0 Å². The normalized spacial score (nSPS) is 6.67. The van der Waals surface area contributed by atoms with Gasteiger partial charge in [0.25, 0.3) is 0 Å². The molecule has 0 atom stereocenters. The van der Waals surface area contributed by atoms with Crippen LogP contribution in [0.15, 0.2) is 0 Å². The minimum atomic E-state index is 0. The van der Waals surface area contributed by atoms with Crippen LogP contribution in [-0.2, 0) is 0 Å². The van der Waals surface area contributed by atoms with E-state index in [2.05, 4.69) is 0 Å². The average molecular weight is 141 g/mol. The molecule has 0 saturated heterocycles. The Bertz CT molecular complexity index is 19.0. The van der Waals surface area contributed by atoms with Crippen LogP contribution < -0.4 is 0 Å². The van der Waals surface area contributed by atoms with E-state index in [4.69, 9.17) is 11.5 Å². The number of hydrogen-bond donors (Lipinski definition) is 0. The predicted molar refractivity (Wildman–Crippen MR) is 44.7 cm³/mol. The van der Waals surface area contributed by atoms with E-state index in [1.54, 1.807) is 0 Å². The van der Waals surface area contributed by atoms with Gasteiger partial charge >= 0.3 is 23.1 Å². The molecule has 0 amide bonds. The van der Waals surface area contributed by atoms with Gasteiger partial charge in [-0.1, -0.05) is 26.7 Å². The van der Waals surface area contributed by atoms with E-state index in [9.17, 15) is 0 Å². The minimum absolute atomic E-state index is 0. The van der Waals surface area contributed by atoms with Crippen molar-refractivity contribution in [2.45, 2.75) is 26.7 Å². The van der Waals surface area contributed by atoms with Crippen LogP contribution in [0.1, 0.15) is 26.7 Å². The molecule has 2 nitrogen and oxygen atoms in total. The zero-order chi connectivity index (χ0) is 6.83. The number of nitrogens with one attached hydrogen (secondary N) is 2. The fourth-order valence-corrected chi connectivity index (χ4v) is 0. The molecular weight excluding hydrogens is 124 g/mol.